The summed E-state index contributed by atoms with van der Waals surface area (Å²) in [6.45, 7) is 6.34. The number of unbranched alkanes of at least 4 members (excludes halogenated alkanes) is 1. The Labute approximate surface area is 163 Å². The molecule has 0 amide bonds. The lowest BCUT2D eigenvalue weighted by Crippen LogP contribution is -2.15. The number of nitrogens with zero attached hydrogens (tertiary/aromatic N) is 1. The van der Waals surface area contributed by atoms with Crippen LogP contribution in [-0.4, -0.2) is 18.3 Å². The molecule has 0 fully saturated rings. The van der Waals surface area contributed by atoms with E-state index in [9.17, 15) is 4.79 Å². The van der Waals surface area contributed by atoms with E-state index in [-0.39, 0.29) is 12.1 Å². The molecule has 0 aliphatic carbocycles. The SMILES string of the molecule is CCCCc1ccc(N=CCCC(C)OC(=O)c2ccccc2)cc1CC. The van der Waals surface area contributed by atoms with Crippen molar-refractivity contribution >= 4 is 17.9 Å². The Morgan fingerprint density at radius 2 is 1.89 bits per heavy atom. The van der Waals surface area contributed by atoms with E-state index in [4.69, 9.17) is 4.74 Å². The van der Waals surface area contributed by atoms with Gasteiger partial charge in [-0.2, -0.15) is 0 Å². The van der Waals surface area contributed by atoms with Crippen molar-refractivity contribution in [1.29, 1.82) is 0 Å². The monoisotopic (exact) mass is 365 g/mol. The van der Waals surface area contributed by atoms with Crippen molar-refractivity contribution in [3.8, 4) is 0 Å². The summed E-state index contributed by atoms with van der Waals surface area (Å²) in [6.07, 6.45) is 7.97. The number of ether oxygens (including phenoxy) is 1. The lowest BCUT2D eigenvalue weighted by atomic mass is 9.99. The number of aryl methyl sites for hydroxylation is 2. The number of rotatable bonds is 10. The van der Waals surface area contributed by atoms with Crippen LogP contribution in [0.4, 0.5) is 5.69 Å². The number of benzene rings is 2. The minimum absolute atomic E-state index is 0.133. The fraction of sp³-hybridized carbons (Fsp3) is 0.417. The first kappa shape index (κ1) is 20.9. The second-order valence-corrected chi connectivity index (χ2v) is 6.88. The van der Waals surface area contributed by atoms with Crippen LogP contribution in [0.1, 0.15) is 67.9 Å². The van der Waals surface area contributed by atoms with Gasteiger partial charge in [0.05, 0.1) is 17.4 Å². The summed E-state index contributed by atoms with van der Waals surface area (Å²) in [7, 11) is 0. The molecule has 0 aliphatic heterocycles. The van der Waals surface area contributed by atoms with Gasteiger partial charge in [-0.25, -0.2) is 4.79 Å². The van der Waals surface area contributed by atoms with E-state index < -0.39 is 0 Å². The molecule has 0 radical (unpaired) electrons. The highest BCUT2D eigenvalue weighted by Gasteiger charge is 2.10. The van der Waals surface area contributed by atoms with Crippen molar-refractivity contribution in [1.82, 2.24) is 0 Å². The highest BCUT2D eigenvalue weighted by Crippen LogP contribution is 2.21. The Kier molecular flexibility index (Phi) is 8.76. The average Bonchev–Trinajstić information content (AvgIpc) is 2.70. The first-order valence-corrected chi connectivity index (χ1v) is 10.0. The molecule has 0 aromatic heterocycles. The van der Waals surface area contributed by atoms with Crippen LogP contribution >= 0.6 is 0 Å². The predicted molar refractivity (Wildman–Crippen MR) is 113 cm³/mol. The molecule has 27 heavy (non-hydrogen) atoms. The molecule has 0 heterocycles. The van der Waals surface area contributed by atoms with Crippen LogP contribution in [0.5, 0.6) is 0 Å². The number of aliphatic imine (C=N–C) groups is 1. The molecule has 2 rings (SSSR count). The summed E-state index contributed by atoms with van der Waals surface area (Å²) < 4.78 is 5.48. The molecule has 0 saturated heterocycles. The Balaban J connectivity index is 1.82. The van der Waals surface area contributed by atoms with E-state index in [1.54, 1.807) is 12.1 Å². The summed E-state index contributed by atoms with van der Waals surface area (Å²) in [5.41, 5.74) is 4.43. The molecule has 3 nitrogen and oxygen atoms in total. The molecule has 0 N–H and O–H groups in total. The summed E-state index contributed by atoms with van der Waals surface area (Å²) >= 11 is 0. The maximum atomic E-state index is 12.0. The van der Waals surface area contributed by atoms with Crippen LogP contribution in [-0.2, 0) is 17.6 Å². The van der Waals surface area contributed by atoms with Crippen LogP contribution in [0.2, 0.25) is 0 Å². The molecule has 0 aliphatic rings. The number of carbonyl (C=O) groups is 1. The Morgan fingerprint density at radius 3 is 2.59 bits per heavy atom. The van der Waals surface area contributed by atoms with Crippen LogP contribution < -0.4 is 0 Å². The largest absolute Gasteiger partial charge is 0.459 e. The molecule has 3 heteroatoms. The van der Waals surface area contributed by atoms with E-state index in [0.717, 1.165) is 31.4 Å². The van der Waals surface area contributed by atoms with Gasteiger partial charge < -0.3 is 4.74 Å². The van der Waals surface area contributed by atoms with Gasteiger partial charge in [0.2, 0.25) is 0 Å². The summed E-state index contributed by atoms with van der Waals surface area (Å²) in [5, 5.41) is 0. The minimum Gasteiger partial charge on any atom is -0.459 e. The zero-order valence-corrected chi connectivity index (χ0v) is 16.8. The summed E-state index contributed by atoms with van der Waals surface area (Å²) in [5.74, 6) is -0.268. The van der Waals surface area contributed by atoms with E-state index in [1.165, 1.54) is 24.0 Å². The lowest BCUT2D eigenvalue weighted by molar-refractivity contribution is 0.0329. The molecular weight excluding hydrogens is 334 g/mol. The zero-order valence-electron chi connectivity index (χ0n) is 16.8. The highest BCUT2D eigenvalue weighted by molar-refractivity contribution is 5.89. The normalized spacial score (nSPS) is 12.3. The van der Waals surface area contributed by atoms with Gasteiger partial charge >= 0.3 is 5.97 Å². The summed E-state index contributed by atoms with van der Waals surface area (Å²) in [4.78, 5) is 16.6. The number of hydrogen-bond acceptors (Lipinski definition) is 3. The predicted octanol–water partition coefficient (Wildman–Crippen LogP) is 6.32. The number of esters is 1. The van der Waals surface area contributed by atoms with Crippen molar-refractivity contribution in [2.75, 3.05) is 0 Å². The Bertz CT molecular complexity index is 737. The van der Waals surface area contributed by atoms with Crippen molar-refractivity contribution in [2.45, 2.75) is 65.4 Å². The highest BCUT2D eigenvalue weighted by atomic mass is 16.5. The fourth-order valence-electron chi connectivity index (χ4n) is 3.00. The average molecular weight is 366 g/mol. The quantitative estimate of drug-likeness (QED) is 0.365. The lowest BCUT2D eigenvalue weighted by Gasteiger charge is -2.12. The van der Waals surface area contributed by atoms with Gasteiger partial charge in [-0.15, -0.1) is 0 Å². The number of hydrogen-bond donors (Lipinski definition) is 0. The van der Waals surface area contributed by atoms with Gasteiger partial charge in [-0.3, -0.25) is 4.99 Å². The molecule has 2 aromatic carbocycles. The fourth-order valence-corrected chi connectivity index (χ4v) is 3.00. The van der Waals surface area contributed by atoms with Gasteiger partial charge in [0, 0.05) is 6.21 Å². The maximum absolute atomic E-state index is 12.0. The van der Waals surface area contributed by atoms with Crippen LogP contribution in [0, 0.1) is 0 Å². The second kappa shape index (κ2) is 11.3. The molecule has 2 aromatic rings. The molecule has 1 unspecified atom stereocenters. The Morgan fingerprint density at radius 1 is 1.11 bits per heavy atom. The van der Waals surface area contributed by atoms with Gasteiger partial charge in [-0.05, 0) is 74.4 Å². The maximum Gasteiger partial charge on any atom is 0.338 e. The molecular formula is C24H31NO2. The molecule has 0 bridgehead atoms. The number of carbonyl (C=O) groups excluding carboxylic acids is 1. The van der Waals surface area contributed by atoms with E-state index >= 15 is 0 Å². The van der Waals surface area contributed by atoms with Gasteiger partial charge in [0.15, 0.2) is 0 Å². The third kappa shape index (κ3) is 7.01. The molecule has 0 spiro atoms. The zero-order chi connectivity index (χ0) is 19.5. The second-order valence-electron chi connectivity index (χ2n) is 6.88. The third-order valence-corrected chi connectivity index (χ3v) is 4.63. The van der Waals surface area contributed by atoms with Gasteiger partial charge in [0.1, 0.15) is 0 Å². The topological polar surface area (TPSA) is 38.7 Å². The van der Waals surface area contributed by atoms with Crippen LogP contribution in [0.25, 0.3) is 0 Å². The summed E-state index contributed by atoms with van der Waals surface area (Å²) in [6, 6.07) is 15.6. The van der Waals surface area contributed by atoms with Crippen molar-refractivity contribution in [2.24, 2.45) is 4.99 Å². The van der Waals surface area contributed by atoms with Gasteiger partial charge in [0.25, 0.3) is 0 Å². The van der Waals surface area contributed by atoms with Crippen molar-refractivity contribution in [3.05, 3.63) is 65.2 Å². The van der Waals surface area contributed by atoms with Gasteiger partial charge in [-0.1, -0.05) is 44.5 Å². The van der Waals surface area contributed by atoms with E-state index in [0.29, 0.717) is 5.56 Å². The van der Waals surface area contributed by atoms with Crippen molar-refractivity contribution < 1.29 is 9.53 Å². The van der Waals surface area contributed by atoms with E-state index in [2.05, 4.69) is 37.0 Å². The molecule has 0 saturated carbocycles. The standard InChI is InChI=1S/C24H31NO2/c1-4-6-12-21-15-16-23(18-20(21)5-2)25-17-10-11-19(3)27-24(26)22-13-8-7-9-14-22/h7-9,13-19H,4-6,10-12H2,1-3H3. The van der Waals surface area contributed by atoms with Crippen LogP contribution in [0.15, 0.2) is 53.5 Å². The van der Waals surface area contributed by atoms with E-state index in [1.807, 2.05) is 31.3 Å². The molecule has 1 atom stereocenters. The molecule has 144 valence electrons. The Hall–Kier alpha value is -2.42. The minimum atomic E-state index is -0.268. The first-order valence-electron chi connectivity index (χ1n) is 10.0. The van der Waals surface area contributed by atoms with Crippen LogP contribution in [0.3, 0.4) is 0 Å². The first-order chi connectivity index (χ1) is 13.1. The van der Waals surface area contributed by atoms with Crippen molar-refractivity contribution in [3.63, 3.8) is 0 Å². The smallest absolute Gasteiger partial charge is 0.338 e. The third-order valence-electron chi connectivity index (χ3n) is 4.63.